The van der Waals surface area contributed by atoms with E-state index in [1.54, 1.807) is 53.5 Å². The van der Waals surface area contributed by atoms with Gasteiger partial charge in [0.2, 0.25) is 15.5 Å². The minimum absolute atomic E-state index is 0.107. The van der Waals surface area contributed by atoms with Gasteiger partial charge in [-0.05, 0) is 41.3 Å². The molecule has 3 aromatic rings. The molecule has 0 atom stereocenters. The van der Waals surface area contributed by atoms with Crippen molar-refractivity contribution in [1.82, 2.24) is 9.91 Å². The van der Waals surface area contributed by atoms with Gasteiger partial charge < -0.3 is 9.75 Å². The predicted molar refractivity (Wildman–Crippen MR) is 142 cm³/mol. The molecule has 8 heteroatoms. The van der Waals surface area contributed by atoms with Gasteiger partial charge in [-0.2, -0.15) is 4.99 Å². The number of ether oxygens (including phenoxy) is 1. The Morgan fingerprint density at radius 3 is 2.57 bits per heavy atom. The molecule has 0 saturated carbocycles. The summed E-state index contributed by atoms with van der Waals surface area (Å²) in [4.78, 5) is 7.47. The van der Waals surface area contributed by atoms with Crippen LogP contribution in [0.5, 0.6) is 5.75 Å². The van der Waals surface area contributed by atoms with E-state index >= 15 is 0 Å². The number of nitrogens with two attached hydrogens (primary N) is 1. The van der Waals surface area contributed by atoms with Crippen molar-refractivity contribution in [1.29, 1.82) is 0 Å². The van der Waals surface area contributed by atoms with Gasteiger partial charge in [0.1, 0.15) is 24.6 Å². The molecule has 1 aliphatic carbocycles. The molecule has 0 saturated heterocycles. The Hall–Kier alpha value is -4.24. The molecule has 6 rings (SSSR count). The van der Waals surface area contributed by atoms with Crippen molar-refractivity contribution in [2.24, 2.45) is 10.8 Å². The van der Waals surface area contributed by atoms with E-state index in [0.717, 1.165) is 28.4 Å². The summed E-state index contributed by atoms with van der Waals surface area (Å²) in [5.41, 5.74) is 4.47. The molecule has 183 valence electrons. The first-order valence-electron chi connectivity index (χ1n) is 11.8. The summed E-state index contributed by atoms with van der Waals surface area (Å²) in [6, 6.07) is 23.0. The number of amidine groups is 1. The normalized spacial score (nSPS) is 16.8. The number of benzene rings is 3. The fourth-order valence-corrected chi connectivity index (χ4v) is 5.94. The van der Waals surface area contributed by atoms with Crippen molar-refractivity contribution in [2.45, 2.75) is 16.4 Å². The zero-order valence-corrected chi connectivity index (χ0v) is 20.7. The van der Waals surface area contributed by atoms with E-state index in [0.29, 0.717) is 17.9 Å². The number of rotatable bonds is 7. The minimum Gasteiger partial charge on any atom is -0.489 e. The van der Waals surface area contributed by atoms with E-state index in [9.17, 15) is 8.42 Å². The van der Waals surface area contributed by atoms with Crippen molar-refractivity contribution in [2.75, 3.05) is 6.54 Å². The van der Waals surface area contributed by atoms with Gasteiger partial charge in [-0.15, -0.1) is 0 Å². The number of hydrogen-bond acceptors (Lipinski definition) is 7. The van der Waals surface area contributed by atoms with Crippen LogP contribution >= 0.6 is 0 Å². The number of fused-ring (bicyclic) bond motifs is 1. The highest BCUT2D eigenvalue weighted by Gasteiger charge is 2.42. The van der Waals surface area contributed by atoms with Crippen LogP contribution in [0.2, 0.25) is 0 Å². The first-order valence-corrected chi connectivity index (χ1v) is 13.3. The highest BCUT2D eigenvalue weighted by atomic mass is 32.2. The first-order chi connectivity index (χ1) is 18.0. The van der Waals surface area contributed by atoms with Crippen LogP contribution in [-0.2, 0) is 16.4 Å². The van der Waals surface area contributed by atoms with Gasteiger partial charge in [-0.3, -0.25) is 0 Å². The standard InChI is InChI=1S/C29H24N4O3S/c30-32-16-17-33-26(19-32)28(21-9-6-10-21)31-29(33)22-11-7-12-24(18-22)36-20-23-8-4-5-15-27(23)37(34,35)25-13-2-1-3-14-25/h1-18H,19-20,30H2/q+1. The van der Waals surface area contributed by atoms with Crippen molar-refractivity contribution in [3.63, 3.8) is 0 Å². The maximum Gasteiger partial charge on any atom is 0.295 e. The zero-order valence-electron chi connectivity index (χ0n) is 19.9. The first kappa shape index (κ1) is 23.2. The Morgan fingerprint density at radius 2 is 1.78 bits per heavy atom. The van der Waals surface area contributed by atoms with Crippen LogP contribution in [0, 0.1) is 0 Å². The van der Waals surface area contributed by atoms with E-state index in [1.165, 1.54) is 0 Å². The topological polar surface area (TPSA) is 90.9 Å². The second-order valence-corrected chi connectivity index (χ2v) is 10.7. The fraction of sp³-hybridized carbons (Fsp3) is 0.0690. The number of allylic oxidation sites excluding steroid dienone is 3. The lowest BCUT2D eigenvalue weighted by molar-refractivity contribution is 0.303. The molecule has 3 aliphatic rings. The number of aliphatic imine (C=N–C) groups is 1. The Bertz CT molecular complexity index is 1640. The number of nitrogens with zero attached hydrogens (tertiary/aromatic N) is 3. The summed E-state index contributed by atoms with van der Waals surface area (Å²) in [5.74, 6) is 7.43. The maximum atomic E-state index is 13.3. The summed E-state index contributed by atoms with van der Waals surface area (Å²) in [6.07, 6.45) is 9.78. The Balaban J connectivity index is 1.26. The number of sulfone groups is 1. The van der Waals surface area contributed by atoms with E-state index in [2.05, 4.69) is 0 Å². The van der Waals surface area contributed by atoms with Crippen LogP contribution in [0.3, 0.4) is 0 Å². The Morgan fingerprint density at radius 1 is 1.00 bits per heavy atom. The molecule has 3 aromatic carbocycles. The van der Waals surface area contributed by atoms with Gasteiger partial charge in [-0.1, -0.05) is 60.7 Å². The van der Waals surface area contributed by atoms with Gasteiger partial charge in [0.25, 0.3) is 5.84 Å². The Kier molecular flexibility index (Phi) is 5.84. The van der Waals surface area contributed by atoms with Crippen molar-refractivity contribution in [3.8, 4) is 5.75 Å². The zero-order chi connectivity index (χ0) is 25.4. The van der Waals surface area contributed by atoms with Gasteiger partial charge in [-0.25, -0.2) is 14.3 Å². The predicted octanol–water partition coefficient (Wildman–Crippen LogP) is 4.37. The van der Waals surface area contributed by atoms with Crippen LogP contribution in [0.1, 0.15) is 11.1 Å². The van der Waals surface area contributed by atoms with Gasteiger partial charge >= 0.3 is 0 Å². The SMILES string of the molecule is NN1C=C[N+]2C(c3cccc(OCc4ccccc4S(=O)(=O)c4ccccc4)c3)=NC(C3=CC=C3)=C2C1. The Labute approximate surface area is 215 Å². The highest BCUT2D eigenvalue weighted by molar-refractivity contribution is 7.91. The summed E-state index contributed by atoms with van der Waals surface area (Å²) in [7, 11) is -3.67. The molecule has 37 heavy (non-hydrogen) atoms. The molecule has 2 N–H and O–H groups in total. The van der Waals surface area contributed by atoms with Crippen LogP contribution in [-0.4, -0.2) is 25.8 Å². The third-order valence-electron chi connectivity index (χ3n) is 6.38. The van der Waals surface area contributed by atoms with E-state index < -0.39 is 9.84 Å². The summed E-state index contributed by atoms with van der Waals surface area (Å²) >= 11 is 0. The monoisotopic (exact) mass is 508 g/mol. The second-order valence-electron chi connectivity index (χ2n) is 8.79. The lowest BCUT2D eigenvalue weighted by atomic mass is 10.0. The summed E-state index contributed by atoms with van der Waals surface area (Å²) in [5, 5.41) is 1.63. The number of hydrogen-bond donors (Lipinski definition) is 1. The van der Waals surface area contributed by atoms with E-state index in [-0.39, 0.29) is 16.4 Å². The van der Waals surface area contributed by atoms with Crippen LogP contribution in [0.4, 0.5) is 0 Å². The molecule has 0 fully saturated rings. The van der Waals surface area contributed by atoms with Gasteiger partial charge in [0.05, 0.1) is 21.6 Å². The molecular weight excluding hydrogens is 484 g/mol. The van der Waals surface area contributed by atoms with Crippen LogP contribution < -0.4 is 15.5 Å². The van der Waals surface area contributed by atoms with E-state index in [4.69, 9.17) is 15.6 Å². The lowest BCUT2D eigenvalue weighted by Gasteiger charge is -2.19. The smallest absolute Gasteiger partial charge is 0.295 e. The van der Waals surface area contributed by atoms with Crippen molar-refractivity contribution >= 4 is 15.7 Å². The molecule has 2 aliphatic heterocycles. The molecule has 0 unspecified atom stereocenters. The summed E-state index contributed by atoms with van der Waals surface area (Å²) in [6.45, 7) is 0.656. The second kappa shape index (κ2) is 9.33. The molecular formula is C29H24N4O3S+. The van der Waals surface area contributed by atoms with E-state index in [1.807, 2.05) is 65.9 Å². The number of hydrazine groups is 1. The molecule has 0 bridgehead atoms. The third-order valence-corrected chi connectivity index (χ3v) is 8.25. The van der Waals surface area contributed by atoms with Crippen LogP contribution in [0.15, 0.2) is 141 Å². The van der Waals surface area contributed by atoms with Crippen molar-refractivity contribution in [3.05, 3.63) is 138 Å². The summed E-state index contributed by atoms with van der Waals surface area (Å²) < 4.78 is 32.6. The maximum absolute atomic E-state index is 13.3. The third kappa shape index (κ3) is 4.31. The average molecular weight is 509 g/mol. The van der Waals surface area contributed by atoms with Gasteiger partial charge in [0, 0.05) is 11.1 Å². The largest absolute Gasteiger partial charge is 0.489 e. The molecule has 0 amide bonds. The molecule has 2 heterocycles. The van der Waals surface area contributed by atoms with Crippen molar-refractivity contribution < 1.29 is 13.2 Å². The lowest BCUT2D eigenvalue weighted by Crippen LogP contribution is -2.41. The average Bonchev–Trinajstić information content (AvgIpc) is 3.25. The molecule has 1 radical (unpaired) electrons. The van der Waals surface area contributed by atoms with Gasteiger partial charge in [0.15, 0.2) is 6.20 Å². The quantitative estimate of drug-likeness (QED) is 0.378. The molecule has 0 spiro atoms. The molecule has 7 nitrogen and oxygen atoms in total. The minimum atomic E-state index is -3.67. The van der Waals surface area contributed by atoms with Crippen LogP contribution in [0.25, 0.3) is 0 Å². The molecule has 0 aromatic heterocycles. The highest BCUT2D eigenvalue weighted by Crippen LogP contribution is 2.33. The fourth-order valence-electron chi connectivity index (χ4n) is 4.44.